The van der Waals surface area contributed by atoms with Gasteiger partial charge in [0.25, 0.3) is 0 Å². The van der Waals surface area contributed by atoms with Crippen LogP contribution in [0.25, 0.3) is 0 Å². The molecule has 100 valence electrons. The summed E-state index contributed by atoms with van der Waals surface area (Å²) in [5.41, 5.74) is 0.667. The quantitative estimate of drug-likeness (QED) is 0.733. The molecule has 1 aromatic rings. The molecule has 5 heteroatoms. The molecule has 1 aromatic carbocycles. The maximum atomic E-state index is 13.0. The van der Waals surface area contributed by atoms with Gasteiger partial charge in [-0.1, -0.05) is 6.07 Å². The Morgan fingerprint density at radius 2 is 2.06 bits per heavy atom. The van der Waals surface area contributed by atoms with Crippen LogP contribution >= 0.6 is 0 Å². The maximum Gasteiger partial charge on any atom is 0.307 e. The van der Waals surface area contributed by atoms with E-state index in [1.807, 2.05) is 4.90 Å². The molecule has 0 amide bonds. The van der Waals surface area contributed by atoms with E-state index in [1.165, 1.54) is 6.07 Å². The second kappa shape index (κ2) is 7.06. The molecule has 0 saturated heterocycles. The molecule has 0 heterocycles. The molecular weight excluding hydrogens is 240 g/mol. The van der Waals surface area contributed by atoms with Gasteiger partial charge < -0.3 is 9.64 Å². The number of hydrogen-bond acceptors (Lipinski definition) is 3. The van der Waals surface area contributed by atoms with E-state index in [9.17, 15) is 13.6 Å². The Kier molecular flexibility index (Phi) is 5.71. The largest absolute Gasteiger partial charge is 0.466 e. The third-order valence-corrected chi connectivity index (χ3v) is 2.44. The van der Waals surface area contributed by atoms with Crippen molar-refractivity contribution in [3.05, 3.63) is 35.4 Å². The van der Waals surface area contributed by atoms with Gasteiger partial charge in [-0.15, -0.1) is 0 Å². The number of benzene rings is 1. The van der Waals surface area contributed by atoms with Crippen molar-refractivity contribution in [3.8, 4) is 0 Å². The Hall–Kier alpha value is -1.49. The van der Waals surface area contributed by atoms with Crippen molar-refractivity contribution in [1.82, 2.24) is 4.90 Å². The second-order valence-electron chi connectivity index (χ2n) is 4.04. The van der Waals surface area contributed by atoms with Gasteiger partial charge in [-0.25, -0.2) is 8.78 Å². The Balaban J connectivity index is 2.42. The van der Waals surface area contributed by atoms with E-state index in [4.69, 9.17) is 4.74 Å². The number of rotatable bonds is 6. The molecular formula is C13H17F2NO2. The number of carbonyl (C=O) groups excluding carboxylic acids is 1. The zero-order valence-electron chi connectivity index (χ0n) is 10.6. The predicted molar refractivity (Wildman–Crippen MR) is 63.9 cm³/mol. The lowest BCUT2D eigenvalue weighted by molar-refractivity contribution is -0.143. The van der Waals surface area contributed by atoms with Gasteiger partial charge in [-0.05, 0) is 31.7 Å². The third kappa shape index (κ3) is 4.79. The van der Waals surface area contributed by atoms with E-state index >= 15 is 0 Å². The van der Waals surface area contributed by atoms with Crippen molar-refractivity contribution in [1.29, 1.82) is 0 Å². The average Bonchev–Trinajstić information content (AvgIpc) is 2.32. The molecule has 0 saturated carbocycles. The van der Waals surface area contributed by atoms with Gasteiger partial charge >= 0.3 is 5.97 Å². The Morgan fingerprint density at radius 1 is 1.33 bits per heavy atom. The third-order valence-electron chi connectivity index (χ3n) is 2.44. The summed E-state index contributed by atoms with van der Waals surface area (Å²) >= 11 is 0. The number of halogens is 2. The molecule has 0 aliphatic carbocycles. The number of carbonyl (C=O) groups is 1. The summed E-state index contributed by atoms with van der Waals surface area (Å²) in [4.78, 5) is 13.0. The highest BCUT2D eigenvalue weighted by Crippen LogP contribution is 2.10. The smallest absolute Gasteiger partial charge is 0.307 e. The van der Waals surface area contributed by atoms with Gasteiger partial charge in [0.2, 0.25) is 0 Å². The van der Waals surface area contributed by atoms with Gasteiger partial charge in [-0.2, -0.15) is 0 Å². The van der Waals surface area contributed by atoms with Crippen molar-refractivity contribution in [2.45, 2.75) is 19.9 Å². The van der Waals surface area contributed by atoms with E-state index < -0.39 is 11.6 Å². The Morgan fingerprint density at radius 3 is 2.67 bits per heavy atom. The van der Waals surface area contributed by atoms with E-state index in [0.717, 1.165) is 12.1 Å². The van der Waals surface area contributed by atoms with E-state index in [-0.39, 0.29) is 12.4 Å². The highest BCUT2D eigenvalue weighted by atomic mass is 19.2. The average molecular weight is 257 g/mol. The molecule has 0 radical (unpaired) electrons. The minimum atomic E-state index is -0.855. The van der Waals surface area contributed by atoms with Crippen LogP contribution in [0.15, 0.2) is 18.2 Å². The van der Waals surface area contributed by atoms with Crippen LogP contribution < -0.4 is 0 Å². The molecule has 0 spiro atoms. The first-order chi connectivity index (χ1) is 8.52. The summed E-state index contributed by atoms with van der Waals surface area (Å²) in [5.74, 6) is -1.96. The second-order valence-corrected chi connectivity index (χ2v) is 4.04. The van der Waals surface area contributed by atoms with Crippen LogP contribution in [0, 0.1) is 11.6 Å². The molecule has 0 fully saturated rings. The van der Waals surface area contributed by atoms with Gasteiger partial charge in [-0.3, -0.25) is 4.79 Å². The van der Waals surface area contributed by atoms with Crippen LogP contribution in [0.5, 0.6) is 0 Å². The van der Waals surface area contributed by atoms with Crippen molar-refractivity contribution in [2.75, 3.05) is 20.2 Å². The Labute approximate surface area is 105 Å². The van der Waals surface area contributed by atoms with Crippen molar-refractivity contribution in [3.63, 3.8) is 0 Å². The molecule has 0 atom stereocenters. The van der Waals surface area contributed by atoms with Crippen LogP contribution in [-0.2, 0) is 16.1 Å². The summed E-state index contributed by atoms with van der Waals surface area (Å²) in [6, 6.07) is 3.79. The first kappa shape index (κ1) is 14.6. The fraction of sp³-hybridized carbons (Fsp3) is 0.462. The highest BCUT2D eigenvalue weighted by Gasteiger charge is 2.07. The highest BCUT2D eigenvalue weighted by molar-refractivity contribution is 5.69. The van der Waals surface area contributed by atoms with Crippen LogP contribution in [-0.4, -0.2) is 31.1 Å². The fourth-order valence-electron chi connectivity index (χ4n) is 1.54. The number of ether oxygens (including phenoxy) is 1. The lowest BCUT2D eigenvalue weighted by Crippen LogP contribution is -2.22. The minimum absolute atomic E-state index is 0.255. The lowest BCUT2D eigenvalue weighted by Gasteiger charge is -2.16. The lowest BCUT2D eigenvalue weighted by atomic mass is 10.2. The van der Waals surface area contributed by atoms with E-state index in [0.29, 0.717) is 25.3 Å². The molecule has 1 rings (SSSR count). The summed E-state index contributed by atoms with van der Waals surface area (Å²) in [7, 11) is 1.81. The molecule has 0 unspecified atom stereocenters. The SMILES string of the molecule is CCOC(=O)CCN(C)Cc1ccc(F)c(F)c1. The van der Waals surface area contributed by atoms with Crippen molar-refractivity contribution >= 4 is 5.97 Å². The number of esters is 1. The molecule has 0 bridgehead atoms. The van der Waals surface area contributed by atoms with Crippen molar-refractivity contribution < 1.29 is 18.3 Å². The summed E-state index contributed by atoms with van der Waals surface area (Å²) < 4.78 is 30.5. The minimum Gasteiger partial charge on any atom is -0.466 e. The van der Waals surface area contributed by atoms with Gasteiger partial charge in [0.15, 0.2) is 11.6 Å². The fourth-order valence-corrected chi connectivity index (χ4v) is 1.54. The molecule has 0 aliphatic heterocycles. The first-order valence-electron chi connectivity index (χ1n) is 5.81. The number of hydrogen-bond donors (Lipinski definition) is 0. The molecule has 3 nitrogen and oxygen atoms in total. The van der Waals surface area contributed by atoms with Crippen LogP contribution in [0.2, 0.25) is 0 Å². The Bertz CT molecular complexity index is 410. The van der Waals surface area contributed by atoms with Gasteiger partial charge in [0.1, 0.15) is 0 Å². The van der Waals surface area contributed by atoms with Crippen LogP contribution in [0.1, 0.15) is 18.9 Å². The first-order valence-corrected chi connectivity index (χ1v) is 5.81. The molecule has 18 heavy (non-hydrogen) atoms. The standard InChI is InChI=1S/C13H17F2NO2/c1-3-18-13(17)6-7-16(2)9-10-4-5-11(14)12(15)8-10/h4-5,8H,3,6-7,9H2,1-2H3. The molecule has 0 N–H and O–H groups in total. The van der Waals surface area contributed by atoms with Gasteiger partial charge in [0.05, 0.1) is 13.0 Å². The zero-order valence-corrected chi connectivity index (χ0v) is 10.6. The molecule has 0 aliphatic rings. The predicted octanol–water partition coefficient (Wildman–Crippen LogP) is 2.35. The van der Waals surface area contributed by atoms with Gasteiger partial charge in [0, 0.05) is 13.1 Å². The van der Waals surface area contributed by atoms with E-state index in [1.54, 1.807) is 14.0 Å². The summed E-state index contributed by atoms with van der Waals surface area (Å²) in [5, 5.41) is 0. The summed E-state index contributed by atoms with van der Waals surface area (Å²) in [6.45, 7) is 3.09. The van der Waals surface area contributed by atoms with Crippen LogP contribution in [0.4, 0.5) is 8.78 Å². The monoisotopic (exact) mass is 257 g/mol. The van der Waals surface area contributed by atoms with E-state index in [2.05, 4.69) is 0 Å². The maximum absolute atomic E-state index is 13.0. The van der Waals surface area contributed by atoms with Crippen LogP contribution in [0.3, 0.4) is 0 Å². The summed E-state index contributed by atoms with van der Waals surface area (Å²) in [6.07, 6.45) is 0.286. The topological polar surface area (TPSA) is 29.5 Å². The molecule has 0 aromatic heterocycles. The zero-order chi connectivity index (χ0) is 13.5. The number of nitrogens with zero attached hydrogens (tertiary/aromatic N) is 1. The van der Waals surface area contributed by atoms with Crippen molar-refractivity contribution in [2.24, 2.45) is 0 Å². The normalized spacial score (nSPS) is 10.7.